The molecule has 2 amide bonds. The Kier molecular flexibility index (Phi) is 5.71. The zero-order chi connectivity index (χ0) is 11.4. The van der Waals surface area contributed by atoms with Crippen LogP contribution in [-0.2, 0) is 9.59 Å². The van der Waals surface area contributed by atoms with Crippen molar-refractivity contribution in [1.82, 2.24) is 15.5 Å². The highest BCUT2D eigenvalue weighted by Gasteiger charge is 2.24. The number of hydrogen-bond acceptors (Lipinski definition) is 3. The van der Waals surface area contributed by atoms with E-state index in [9.17, 15) is 9.59 Å². The van der Waals surface area contributed by atoms with Crippen molar-refractivity contribution in [3.05, 3.63) is 0 Å². The molecule has 17 heavy (non-hydrogen) atoms. The lowest BCUT2D eigenvalue weighted by atomic mass is 9.94. The van der Waals surface area contributed by atoms with E-state index in [1.54, 1.807) is 4.90 Å². The van der Waals surface area contributed by atoms with Crippen molar-refractivity contribution < 1.29 is 9.59 Å². The minimum absolute atomic E-state index is 0. The van der Waals surface area contributed by atoms with Gasteiger partial charge in [0.05, 0.1) is 6.54 Å². The Morgan fingerprint density at radius 1 is 1.29 bits per heavy atom. The van der Waals surface area contributed by atoms with Gasteiger partial charge in [0.1, 0.15) is 0 Å². The molecule has 0 aromatic heterocycles. The van der Waals surface area contributed by atoms with E-state index in [-0.39, 0.29) is 30.8 Å². The van der Waals surface area contributed by atoms with Crippen molar-refractivity contribution >= 4 is 24.2 Å². The van der Waals surface area contributed by atoms with E-state index in [0.29, 0.717) is 25.4 Å². The quantitative estimate of drug-likeness (QED) is 0.721. The summed E-state index contributed by atoms with van der Waals surface area (Å²) in [6.45, 7) is 3.52. The minimum atomic E-state index is -0.0371. The summed E-state index contributed by atoms with van der Waals surface area (Å²) in [4.78, 5) is 24.8. The Labute approximate surface area is 108 Å². The summed E-state index contributed by atoms with van der Waals surface area (Å²) in [5.74, 6) is 0.602. The number of amides is 2. The molecule has 0 saturated carbocycles. The molecular weight excluding hydrogens is 242 g/mol. The predicted molar refractivity (Wildman–Crippen MR) is 67.0 cm³/mol. The number of piperidine rings is 1. The molecule has 0 radical (unpaired) electrons. The predicted octanol–water partition coefficient (Wildman–Crippen LogP) is -0.244. The molecule has 0 unspecified atom stereocenters. The molecule has 6 heteroatoms. The number of nitrogens with zero attached hydrogens (tertiary/aromatic N) is 1. The number of hydrogen-bond donors (Lipinski definition) is 2. The smallest absolute Gasteiger partial charge is 0.239 e. The first-order chi connectivity index (χ1) is 7.75. The number of carbonyl (C=O) groups excluding carboxylic acids is 2. The molecule has 5 nitrogen and oxygen atoms in total. The molecule has 0 atom stereocenters. The molecule has 0 aromatic rings. The molecule has 2 saturated heterocycles. The van der Waals surface area contributed by atoms with Gasteiger partial charge in [-0.25, -0.2) is 0 Å². The van der Waals surface area contributed by atoms with Crippen LogP contribution in [0.1, 0.15) is 19.3 Å². The first-order valence-electron chi connectivity index (χ1n) is 6.01. The van der Waals surface area contributed by atoms with Gasteiger partial charge in [0.25, 0.3) is 0 Å². The Balaban J connectivity index is 0.00000144. The third kappa shape index (κ3) is 4.16. The Bertz CT molecular complexity index is 280. The molecule has 2 aliphatic rings. The van der Waals surface area contributed by atoms with Gasteiger partial charge in [-0.05, 0) is 31.8 Å². The maximum absolute atomic E-state index is 11.9. The molecule has 2 N–H and O–H groups in total. The van der Waals surface area contributed by atoms with Gasteiger partial charge in [0, 0.05) is 19.5 Å². The van der Waals surface area contributed by atoms with E-state index in [2.05, 4.69) is 10.6 Å². The average molecular weight is 262 g/mol. The van der Waals surface area contributed by atoms with E-state index < -0.39 is 0 Å². The van der Waals surface area contributed by atoms with Crippen LogP contribution in [0.3, 0.4) is 0 Å². The third-order valence-corrected chi connectivity index (χ3v) is 3.31. The largest absolute Gasteiger partial charge is 0.353 e. The highest BCUT2D eigenvalue weighted by atomic mass is 35.5. The van der Waals surface area contributed by atoms with Crippen molar-refractivity contribution in [3.63, 3.8) is 0 Å². The summed E-state index contributed by atoms with van der Waals surface area (Å²) in [5.41, 5.74) is 0. The summed E-state index contributed by atoms with van der Waals surface area (Å²) in [6, 6.07) is 0. The topological polar surface area (TPSA) is 61.4 Å². The second kappa shape index (κ2) is 6.81. The monoisotopic (exact) mass is 261 g/mol. The molecule has 2 rings (SSSR count). The molecule has 2 fully saturated rings. The molecule has 0 aromatic carbocycles. The van der Waals surface area contributed by atoms with E-state index in [4.69, 9.17) is 0 Å². The standard InChI is InChI=1S/C11H19N3O2.ClH/c15-10-8-14(6-5-13-10)11(16)7-9-1-3-12-4-2-9;/h9,12H,1-8H2,(H,13,15);1H. The molecule has 0 aliphatic carbocycles. The fourth-order valence-corrected chi connectivity index (χ4v) is 2.31. The van der Waals surface area contributed by atoms with Gasteiger partial charge >= 0.3 is 0 Å². The van der Waals surface area contributed by atoms with Crippen LogP contribution in [0.4, 0.5) is 0 Å². The first kappa shape index (κ1) is 14.3. The molecule has 0 spiro atoms. The van der Waals surface area contributed by atoms with E-state index in [0.717, 1.165) is 25.9 Å². The maximum atomic E-state index is 11.9. The lowest BCUT2D eigenvalue weighted by Crippen LogP contribution is -2.50. The van der Waals surface area contributed by atoms with Crippen LogP contribution in [0.15, 0.2) is 0 Å². The second-order valence-electron chi connectivity index (χ2n) is 4.56. The normalized spacial score (nSPS) is 21.6. The molecule has 2 heterocycles. The van der Waals surface area contributed by atoms with Crippen molar-refractivity contribution in [3.8, 4) is 0 Å². The fourth-order valence-electron chi connectivity index (χ4n) is 2.31. The Morgan fingerprint density at radius 3 is 2.65 bits per heavy atom. The summed E-state index contributed by atoms with van der Waals surface area (Å²) >= 11 is 0. The number of piperazine rings is 1. The Hall–Kier alpha value is -0.810. The van der Waals surface area contributed by atoms with Gasteiger partial charge in [-0.1, -0.05) is 0 Å². The van der Waals surface area contributed by atoms with Gasteiger partial charge in [-0.3, -0.25) is 9.59 Å². The second-order valence-corrected chi connectivity index (χ2v) is 4.56. The van der Waals surface area contributed by atoms with Crippen molar-refractivity contribution in [2.45, 2.75) is 19.3 Å². The zero-order valence-corrected chi connectivity index (χ0v) is 10.7. The van der Waals surface area contributed by atoms with Crippen LogP contribution in [-0.4, -0.2) is 49.4 Å². The van der Waals surface area contributed by atoms with Crippen LogP contribution in [0.5, 0.6) is 0 Å². The van der Waals surface area contributed by atoms with Gasteiger partial charge in [-0.2, -0.15) is 0 Å². The van der Waals surface area contributed by atoms with Gasteiger partial charge in [0.2, 0.25) is 11.8 Å². The lowest BCUT2D eigenvalue weighted by Gasteiger charge is -2.29. The average Bonchev–Trinajstić information content (AvgIpc) is 2.30. The fraction of sp³-hybridized carbons (Fsp3) is 0.818. The highest BCUT2D eigenvalue weighted by Crippen LogP contribution is 2.17. The van der Waals surface area contributed by atoms with Gasteiger partial charge in [0.15, 0.2) is 0 Å². The van der Waals surface area contributed by atoms with Crippen LogP contribution >= 0.6 is 12.4 Å². The van der Waals surface area contributed by atoms with E-state index >= 15 is 0 Å². The maximum Gasteiger partial charge on any atom is 0.239 e. The zero-order valence-electron chi connectivity index (χ0n) is 9.91. The number of carbonyl (C=O) groups is 2. The minimum Gasteiger partial charge on any atom is -0.353 e. The summed E-state index contributed by atoms with van der Waals surface area (Å²) < 4.78 is 0. The summed E-state index contributed by atoms with van der Waals surface area (Å²) in [6.07, 6.45) is 2.76. The highest BCUT2D eigenvalue weighted by molar-refractivity contribution is 5.86. The number of halogens is 1. The summed E-state index contributed by atoms with van der Waals surface area (Å²) in [5, 5.41) is 6.01. The summed E-state index contributed by atoms with van der Waals surface area (Å²) in [7, 11) is 0. The number of rotatable bonds is 2. The van der Waals surface area contributed by atoms with Crippen molar-refractivity contribution in [2.24, 2.45) is 5.92 Å². The van der Waals surface area contributed by atoms with Crippen molar-refractivity contribution in [1.29, 1.82) is 0 Å². The Morgan fingerprint density at radius 2 is 2.00 bits per heavy atom. The van der Waals surface area contributed by atoms with Gasteiger partial charge in [-0.15, -0.1) is 12.4 Å². The third-order valence-electron chi connectivity index (χ3n) is 3.31. The first-order valence-corrected chi connectivity index (χ1v) is 6.01. The van der Waals surface area contributed by atoms with Gasteiger partial charge < -0.3 is 15.5 Å². The van der Waals surface area contributed by atoms with E-state index in [1.165, 1.54) is 0 Å². The van der Waals surface area contributed by atoms with E-state index in [1.807, 2.05) is 0 Å². The molecule has 0 bridgehead atoms. The van der Waals surface area contributed by atoms with Crippen molar-refractivity contribution in [2.75, 3.05) is 32.7 Å². The molecule has 98 valence electrons. The SMILES string of the molecule is Cl.O=C1CN(C(=O)CC2CCNCC2)CCN1. The van der Waals surface area contributed by atoms with Crippen LogP contribution in [0.2, 0.25) is 0 Å². The van der Waals surface area contributed by atoms with Crippen LogP contribution < -0.4 is 10.6 Å². The van der Waals surface area contributed by atoms with Crippen LogP contribution in [0.25, 0.3) is 0 Å². The number of nitrogens with one attached hydrogen (secondary N) is 2. The van der Waals surface area contributed by atoms with Crippen LogP contribution in [0, 0.1) is 5.92 Å². The molecular formula is C11H20ClN3O2. The lowest BCUT2D eigenvalue weighted by molar-refractivity contribution is -0.139. The molecule has 2 aliphatic heterocycles.